The highest BCUT2D eigenvalue weighted by atomic mass is 79.9. The number of rotatable bonds is 3. The standard InChI is InChI=1S/C16H22BrNO/c17-15-9-13(16(11-18)6-1-2-7-16)3-4-14(15)12-5-8-19-10-12/h3-4,9,12H,1-2,5-8,10-11,18H2. The third kappa shape index (κ3) is 2.48. The molecular formula is C16H22BrNO. The van der Waals surface area contributed by atoms with Gasteiger partial charge in [-0.25, -0.2) is 0 Å². The van der Waals surface area contributed by atoms with Crippen LogP contribution in [0.4, 0.5) is 0 Å². The molecule has 3 rings (SSSR count). The minimum absolute atomic E-state index is 0.229. The van der Waals surface area contributed by atoms with Gasteiger partial charge in [-0.2, -0.15) is 0 Å². The van der Waals surface area contributed by atoms with Gasteiger partial charge >= 0.3 is 0 Å². The average Bonchev–Trinajstić information content (AvgIpc) is 3.11. The summed E-state index contributed by atoms with van der Waals surface area (Å²) in [4.78, 5) is 0. The smallest absolute Gasteiger partial charge is 0.0535 e. The molecule has 2 fully saturated rings. The van der Waals surface area contributed by atoms with Crippen LogP contribution in [0.1, 0.15) is 49.1 Å². The Morgan fingerprint density at radius 3 is 2.68 bits per heavy atom. The Bertz CT molecular complexity index is 448. The number of hydrogen-bond donors (Lipinski definition) is 1. The van der Waals surface area contributed by atoms with Gasteiger partial charge in [-0.05, 0) is 36.5 Å². The molecule has 0 aromatic heterocycles. The van der Waals surface area contributed by atoms with Crippen LogP contribution < -0.4 is 5.73 Å². The van der Waals surface area contributed by atoms with Crippen LogP contribution in [0.2, 0.25) is 0 Å². The van der Waals surface area contributed by atoms with Crippen molar-refractivity contribution >= 4 is 15.9 Å². The van der Waals surface area contributed by atoms with E-state index in [0.717, 1.165) is 26.2 Å². The Morgan fingerprint density at radius 2 is 2.11 bits per heavy atom. The van der Waals surface area contributed by atoms with E-state index in [1.807, 2.05) is 0 Å². The van der Waals surface area contributed by atoms with Gasteiger partial charge in [-0.15, -0.1) is 0 Å². The van der Waals surface area contributed by atoms with Crippen LogP contribution in [0.25, 0.3) is 0 Å². The molecule has 1 saturated heterocycles. The van der Waals surface area contributed by atoms with Crippen LogP contribution in [-0.2, 0) is 10.2 Å². The van der Waals surface area contributed by atoms with E-state index in [2.05, 4.69) is 34.1 Å². The summed E-state index contributed by atoms with van der Waals surface area (Å²) in [6.07, 6.45) is 6.24. The molecule has 0 spiro atoms. The van der Waals surface area contributed by atoms with E-state index in [1.54, 1.807) is 0 Å². The lowest BCUT2D eigenvalue weighted by Crippen LogP contribution is -2.32. The first kappa shape index (κ1) is 13.6. The van der Waals surface area contributed by atoms with Crippen LogP contribution in [0.3, 0.4) is 0 Å². The third-order valence-electron chi connectivity index (χ3n) is 4.93. The topological polar surface area (TPSA) is 35.2 Å². The Balaban J connectivity index is 1.90. The number of nitrogens with two attached hydrogens (primary N) is 1. The molecule has 1 aliphatic carbocycles. The minimum atomic E-state index is 0.229. The Morgan fingerprint density at radius 1 is 1.32 bits per heavy atom. The van der Waals surface area contributed by atoms with Gasteiger partial charge in [0.2, 0.25) is 0 Å². The summed E-state index contributed by atoms with van der Waals surface area (Å²) in [6, 6.07) is 6.90. The van der Waals surface area contributed by atoms with Gasteiger partial charge in [0.05, 0.1) is 6.61 Å². The molecule has 1 saturated carbocycles. The SMILES string of the molecule is NCC1(c2ccc(C3CCOC3)c(Br)c2)CCCC1. The summed E-state index contributed by atoms with van der Waals surface area (Å²) in [5.74, 6) is 0.556. The predicted molar refractivity (Wildman–Crippen MR) is 81.5 cm³/mol. The molecule has 1 aromatic carbocycles. The Kier molecular flexibility index (Phi) is 3.97. The van der Waals surface area contributed by atoms with Crippen molar-refractivity contribution in [3.05, 3.63) is 33.8 Å². The lowest BCUT2D eigenvalue weighted by molar-refractivity contribution is 0.194. The monoisotopic (exact) mass is 323 g/mol. The van der Waals surface area contributed by atoms with Crippen LogP contribution in [0.5, 0.6) is 0 Å². The molecule has 1 aromatic rings. The normalized spacial score (nSPS) is 25.9. The largest absolute Gasteiger partial charge is 0.381 e. The first-order valence-electron chi connectivity index (χ1n) is 7.33. The van der Waals surface area contributed by atoms with Gasteiger partial charge in [0.1, 0.15) is 0 Å². The molecule has 2 N–H and O–H groups in total. The molecule has 3 heteroatoms. The lowest BCUT2D eigenvalue weighted by Gasteiger charge is -2.28. The second-order valence-corrected chi connectivity index (χ2v) is 6.84. The van der Waals surface area contributed by atoms with E-state index in [1.165, 1.54) is 41.3 Å². The highest BCUT2D eigenvalue weighted by Gasteiger charge is 2.34. The maximum atomic E-state index is 6.08. The van der Waals surface area contributed by atoms with E-state index in [0.29, 0.717) is 5.92 Å². The molecule has 1 unspecified atom stereocenters. The van der Waals surface area contributed by atoms with Crippen LogP contribution in [-0.4, -0.2) is 19.8 Å². The molecule has 1 aliphatic heterocycles. The van der Waals surface area contributed by atoms with Crippen molar-refractivity contribution in [2.45, 2.75) is 43.4 Å². The van der Waals surface area contributed by atoms with Crippen molar-refractivity contribution in [3.63, 3.8) is 0 Å². The van der Waals surface area contributed by atoms with Crippen molar-refractivity contribution < 1.29 is 4.74 Å². The van der Waals surface area contributed by atoms with E-state index in [4.69, 9.17) is 10.5 Å². The third-order valence-corrected chi connectivity index (χ3v) is 5.62. The molecule has 104 valence electrons. The summed E-state index contributed by atoms with van der Waals surface area (Å²) in [5.41, 5.74) is 9.12. The quantitative estimate of drug-likeness (QED) is 0.920. The molecule has 0 amide bonds. The second kappa shape index (κ2) is 5.55. The van der Waals surface area contributed by atoms with Crippen LogP contribution in [0.15, 0.2) is 22.7 Å². The van der Waals surface area contributed by atoms with Gasteiger partial charge in [-0.3, -0.25) is 0 Å². The predicted octanol–water partition coefficient (Wildman–Crippen LogP) is 3.72. The fourth-order valence-corrected chi connectivity index (χ4v) is 4.33. The molecular weight excluding hydrogens is 302 g/mol. The lowest BCUT2D eigenvalue weighted by atomic mass is 9.78. The second-order valence-electron chi connectivity index (χ2n) is 5.99. The van der Waals surface area contributed by atoms with E-state index < -0.39 is 0 Å². The minimum Gasteiger partial charge on any atom is -0.381 e. The van der Waals surface area contributed by atoms with E-state index in [-0.39, 0.29) is 5.41 Å². The number of hydrogen-bond acceptors (Lipinski definition) is 2. The van der Waals surface area contributed by atoms with Gasteiger partial charge < -0.3 is 10.5 Å². The maximum Gasteiger partial charge on any atom is 0.0535 e. The highest BCUT2D eigenvalue weighted by molar-refractivity contribution is 9.10. The highest BCUT2D eigenvalue weighted by Crippen LogP contribution is 2.42. The molecule has 2 aliphatic rings. The molecule has 1 heterocycles. The fourth-order valence-electron chi connectivity index (χ4n) is 3.63. The molecule has 0 bridgehead atoms. The fraction of sp³-hybridized carbons (Fsp3) is 0.625. The number of ether oxygens (including phenoxy) is 1. The van der Waals surface area contributed by atoms with Crippen LogP contribution in [0, 0.1) is 0 Å². The van der Waals surface area contributed by atoms with E-state index in [9.17, 15) is 0 Å². The summed E-state index contributed by atoms with van der Waals surface area (Å²) in [5, 5.41) is 0. The van der Waals surface area contributed by atoms with Gasteiger partial charge in [0.15, 0.2) is 0 Å². The maximum absolute atomic E-state index is 6.08. The molecule has 1 atom stereocenters. The van der Waals surface area contributed by atoms with Gasteiger partial charge in [0.25, 0.3) is 0 Å². The van der Waals surface area contributed by atoms with Crippen molar-refractivity contribution in [1.82, 2.24) is 0 Å². The van der Waals surface area contributed by atoms with Crippen molar-refractivity contribution in [2.75, 3.05) is 19.8 Å². The van der Waals surface area contributed by atoms with Crippen LogP contribution >= 0.6 is 15.9 Å². The zero-order chi connectivity index (χ0) is 13.3. The van der Waals surface area contributed by atoms with Gasteiger partial charge in [0, 0.05) is 29.0 Å². The average molecular weight is 324 g/mol. The molecule has 2 nitrogen and oxygen atoms in total. The Labute approximate surface area is 123 Å². The van der Waals surface area contributed by atoms with Gasteiger partial charge in [-0.1, -0.05) is 40.9 Å². The molecule has 0 radical (unpaired) electrons. The summed E-state index contributed by atoms with van der Waals surface area (Å²) in [7, 11) is 0. The van der Waals surface area contributed by atoms with Crippen molar-refractivity contribution in [1.29, 1.82) is 0 Å². The Hall–Kier alpha value is -0.380. The zero-order valence-electron chi connectivity index (χ0n) is 11.3. The first-order chi connectivity index (χ1) is 9.25. The van der Waals surface area contributed by atoms with E-state index >= 15 is 0 Å². The number of benzene rings is 1. The van der Waals surface area contributed by atoms with Crippen molar-refractivity contribution in [3.8, 4) is 0 Å². The van der Waals surface area contributed by atoms with Crippen molar-refractivity contribution in [2.24, 2.45) is 5.73 Å². The summed E-state index contributed by atoms with van der Waals surface area (Å²) >= 11 is 3.76. The number of halogens is 1. The molecule has 19 heavy (non-hydrogen) atoms. The zero-order valence-corrected chi connectivity index (χ0v) is 12.9. The summed E-state index contributed by atoms with van der Waals surface area (Å²) < 4.78 is 6.73. The summed E-state index contributed by atoms with van der Waals surface area (Å²) in [6.45, 7) is 2.52. The first-order valence-corrected chi connectivity index (χ1v) is 8.12.